The van der Waals surface area contributed by atoms with Crippen LogP contribution in [0.4, 0.5) is 0 Å². The number of hydrogen-bond donors (Lipinski definition) is 1. The van der Waals surface area contributed by atoms with Crippen LogP contribution in [0.3, 0.4) is 0 Å². The molecule has 0 bridgehead atoms. The first-order valence-electron chi connectivity index (χ1n) is 7.56. The maximum atomic E-state index is 12.8. The first kappa shape index (κ1) is 16.9. The number of hydrogen-bond acceptors (Lipinski definition) is 4. The normalized spacial score (nSPS) is 19.8. The number of aryl methyl sites for hydroxylation is 1. The van der Waals surface area contributed by atoms with Gasteiger partial charge in [0.15, 0.2) is 0 Å². The van der Waals surface area contributed by atoms with Crippen molar-refractivity contribution in [1.82, 2.24) is 9.62 Å². The summed E-state index contributed by atoms with van der Waals surface area (Å²) in [5.41, 5.74) is 0.256. The van der Waals surface area contributed by atoms with E-state index in [0.717, 1.165) is 35.7 Å². The van der Waals surface area contributed by atoms with Gasteiger partial charge in [-0.1, -0.05) is 20.8 Å². The van der Waals surface area contributed by atoms with Crippen LogP contribution in [-0.2, 0) is 16.6 Å². The Morgan fingerprint density at radius 3 is 2.52 bits per heavy atom. The van der Waals surface area contributed by atoms with E-state index in [4.69, 9.17) is 0 Å². The molecule has 6 heteroatoms. The first-order valence-corrected chi connectivity index (χ1v) is 9.82. The van der Waals surface area contributed by atoms with Crippen LogP contribution in [0.1, 0.15) is 43.4 Å². The van der Waals surface area contributed by atoms with E-state index >= 15 is 0 Å². The lowest BCUT2D eigenvalue weighted by Gasteiger charge is -2.36. The number of thiophene rings is 1. The summed E-state index contributed by atoms with van der Waals surface area (Å²) in [5, 5.41) is 3.25. The van der Waals surface area contributed by atoms with Gasteiger partial charge in [-0.2, -0.15) is 4.31 Å². The third-order valence-corrected chi connectivity index (χ3v) is 7.37. The molecule has 2 heterocycles. The van der Waals surface area contributed by atoms with Crippen LogP contribution in [0.15, 0.2) is 11.0 Å². The lowest BCUT2D eigenvalue weighted by Crippen LogP contribution is -2.41. The molecule has 120 valence electrons. The average molecular weight is 331 g/mol. The highest BCUT2D eigenvalue weighted by Crippen LogP contribution is 2.34. The molecular formula is C15H26N2O2S2. The first-order chi connectivity index (χ1) is 9.76. The third kappa shape index (κ3) is 3.86. The summed E-state index contributed by atoms with van der Waals surface area (Å²) in [6, 6.07) is 1.84. The van der Waals surface area contributed by atoms with Crippen LogP contribution in [0.5, 0.6) is 0 Å². The van der Waals surface area contributed by atoms with Gasteiger partial charge in [0.1, 0.15) is 0 Å². The molecule has 2 rings (SSSR count). The molecule has 0 spiro atoms. The molecule has 0 atom stereocenters. The Hall–Kier alpha value is -0.430. The van der Waals surface area contributed by atoms with Gasteiger partial charge in [0.25, 0.3) is 0 Å². The molecule has 0 aromatic carbocycles. The molecule has 0 aliphatic carbocycles. The Morgan fingerprint density at radius 1 is 1.33 bits per heavy atom. The topological polar surface area (TPSA) is 49.4 Å². The van der Waals surface area contributed by atoms with Gasteiger partial charge in [-0.15, -0.1) is 11.3 Å². The molecule has 1 aromatic heterocycles. The Labute approximate surface area is 132 Å². The fourth-order valence-corrected chi connectivity index (χ4v) is 5.60. The smallest absolute Gasteiger partial charge is 0.244 e. The molecule has 0 saturated carbocycles. The minimum Gasteiger partial charge on any atom is -0.312 e. The predicted octanol–water partition coefficient (Wildman–Crippen LogP) is 2.98. The van der Waals surface area contributed by atoms with Gasteiger partial charge < -0.3 is 5.32 Å². The maximum absolute atomic E-state index is 12.8. The van der Waals surface area contributed by atoms with Crippen molar-refractivity contribution in [2.75, 3.05) is 19.6 Å². The number of nitrogens with zero attached hydrogens (tertiary/aromatic N) is 1. The van der Waals surface area contributed by atoms with Crippen molar-refractivity contribution in [2.45, 2.75) is 52.0 Å². The van der Waals surface area contributed by atoms with E-state index in [0.29, 0.717) is 18.0 Å². The minimum absolute atomic E-state index is 0.256. The molecule has 4 nitrogen and oxygen atoms in total. The van der Waals surface area contributed by atoms with E-state index < -0.39 is 10.0 Å². The second-order valence-electron chi connectivity index (χ2n) is 6.48. The van der Waals surface area contributed by atoms with Crippen molar-refractivity contribution in [3.05, 3.63) is 15.8 Å². The molecule has 0 unspecified atom stereocenters. The molecule has 1 saturated heterocycles. The van der Waals surface area contributed by atoms with Crippen LogP contribution in [-0.4, -0.2) is 32.4 Å². The van der Waals surface area contributed by atoms with E-state index in [1.165, 1.54) is 0 Å². The maximum Gasteiger partial charge on any atom is 0.244 e. The van der Waals surface area contributed by atoms with Crippen molar-refractivity contribution in [3.63, 3.8) is 0 Å². The summed E-state index contributed by atoms with van der Waals surface area (Å²) in [6.07, 6.45) is 1.86. The molecule has 1 aliphatic heterocycles. The Bertz CT molecular complexity index is 581. The SMILES string of the molecule is CCNCc1cc(S(=O)(=O)N2CCC(C)(C)CC2)c(C)s1. The van der Waals surface area contributed by atoms with Crippen LogP contribution < -0.4 is 5.32 Å². The van der Waals surface area contributed by atoms with Gasteiger partial charge in [0, 0.05) is 29.4 Å². The number of rotatable bonds is 5. The van der Waals surface area contributed by atoms with Gasteiger partial charge in [-0.3, -0.25) is 0 Å². The van der Waals surface area contributed by atoms with Crippen molar-refractivity contribution in [3.8, 4) is 0 Å². The molecule has 1 aromatic rings. The van der Waals surface area contributed by atoms with Crippen molar-refractivity contribution in [2.24, 2.45) is 5.41 Å². The van der Waals surface area contributed by atoms with E-state index in [2.05, 4.69) is 19.2 Å². The van der Waals surface area contributed by atoms with Crippen molar-refractivity contribution >= 4 is 21.4 Å². The average Bonchev–Trinajstić information content (AvgIpc) is 2.78. The Morgan fingerprint density at radius 2 is 1.95 bits per heavy atom. The van der Waals surface area contributed by atoms with Crippen LogP contribution >= 0.6 is 11.3 Å². The number of nitrogens with one attached hydrogen (secondary N) is 1. The van der Waals surface area contributed by atoms with Crippen molar-refractivity contribution < 1.29 is 8.42 Å². The molecule has 1 aliphatic rings. The largest absolute Gasteiger partial charge is 0.312 e. The van der Waals surface area contributed by atoms with Gasteiger partial charge in [0.2, 0.25) is 10.0 Å². The zero-order chi connectivity index (χ0) is 15.7. The molecule has 1 fully saturated rings. The Kier molecular flexibility index (Phi) is 5.13. The summed E-state index contributed by atoms with van der Waals surface area (Å²) in [6.45, 7) is 11.3. The second kappa shape index (κ2) is 6.36. The summed E-state index contributed by atoms with van der Waals surface area (Å²) >= 11 is 1.58. The summed E-state index contributed by atoms with van der Waals surface area (Å²) in [4.78, 5) is 2.48. The van der Waals surface area contributed by atoms with Crippen molar-refractivity contribution in [1.29, 1.82) is 0 Å². The van der Waals surface area contributed by atoms with Gasteiger partial charge in [0.05, 0.1) is 4.90 Å². The lowest BCUT2D eigenvalue weighted by atomic mass is 9.83. The molecule has 1 N–H and O–H groups in total. The van der Waals surface area contributed by atoms with E-state index in [1.807, 2.05) is 19.9 Å². The lowest BCUT2D eigenvalue weighted by molar-refractivity contribution is 0.196. The predicted molar refractivity (Wildman–Crippen MR) is 88.2 cm³/mol. The monoisotopic (exact) mass is 330 g/mol. The molecule has 0 radical (unpaired) electrons. The molecular weight excluding hydrogens is 304 g/mol. The second-order valence-corrected chi connectivity index (χ2v) is 9.73. The van der Waals surface area contributed by atoms with E-state index in [-0.39, 0.29) is 5.41 Å². The van der Waals surface area contributed by atoms with Gasteiger partial charge >= 0.3 is 0 Å². The number of sulfonamides is 1. The quantitative estimate of drug-likeness (QED) is 0.903. The van der Waals surface area contributed by atoms with Gasteiger partial charge in [-0.25, -0.2) is 8.42 Å². The van der Waals surface area contributed by atoms with E-state index in [9.17, 15) is 8.42 Å². The number of piperidine rings is 1. The van der Waals surface area contributed by atoms with Crippen LogP contribution in [0.25, 0.3) is 0 Å². The highest BCUT2D eigenvalue weighted by Gasteiger charge is 2.34. The van der Waals surface area contributed by atoms with Crippen LogP contribution in [0.2, 0.25) is 0 Å². The third-order valence-electron chi connectivity index (χ3n) is 4.17. The standard InChI is InChI=1S/C15H26N2O2S2/c1-5-16-11-13-10-14(12(2)20-13)21(18,19)17-8-6-15(3,4)7-9-17/h10,16H,5-9,11H2,1-4H3. The summed E-state index contributed by atoms with van der Waals surface area (Å²) in [7, 11) is -3.33. The summed E-state index contributed by atoms with van der Waals surface area (Å²) < 4.78 is 27.3. The van der Waals surface area contributed by atoms with Gasteiger partial charge in [-0.05, 0) is 37.8 Å². The zero-order valence-corrected chi connectivity index (χ0v) is 15.0. The fraction of sp³-hybridized carbons (Fsp3) is 0.733. The molecule has 0 amide bonds. The summed E-state index contributed by atoms with van der Waals surface area (Å²) in [5.74, 6) is 0. The zero-order valence-electron chi connectivity index (χ0n) is 13.4. The van der Waals surface area contributed by atoms with Crippen LogP contribution in [0, 0.1) is 12.3 Å². The highest BCUT2D eigenvalue weighted by molar-refractivity contribution is 7.89. The Balaban J connectivity index is 2.18. The molecule has 21 heavy (non-hydrogen) atoms. The minimum atomic E-state index is -3.33. The van der Waals surface area contributed by atoms with E-state index in [1.54, 1.807) is 15.6 Å². The highest BCUT2D eigenvalue weighted by atomic mass is 32.2. The fourth-order valence-electron chi connectivity index (χ4n) is 2.59.